The quantitative estimate of drug-likeness (QED) is 0.574. The number of carbonyl (C=O) groups excluding carboxylic acids is 1. The summed E-state index contributed by atoms with van der Waals surface area (Å²) >= 11 is 1.13. The van der Waals surface area contributed by atoms with E-state index in [1.165, 1.54) is 6.07 Å². The molecule has 0 saturated heterocycles. The van der Waals surface area contributed by atoms with E-state index < -0.39 is 10.0 Å². The molecule has 10 heteroatoms. The third-order valence-corrected chi connectivity index (χ3v) is 8.11. The van der Waals surface area contributed by atoms with Crippen LogP contribution in [0.3, 0.4) is 0 Å². The average molecular weight is 468 g/mol. The van der Waals surface area contributed by atoms with Crippen LogP contribution in [0.25, 0.3) is 0 Å². The number of aliphatic hydroxyl groups is 1. The lowest BCUT2D eigenvalue weighted by molar-refractivity contribution is -0.134. The van der Waals surface area contributed by atoms with Crippen LogP contribution in [-0.2, 0) is 21.2 Å². The van der Waals surface area contributed by atoms with Gasteiger partial charge in [0.25, 0.3) is 10.0 Å². The summed E-state index contributed by atoms with van der Waals surface area (Å²) in [6.45, 7) is 4.73. The number of benzene rings is 1. The van der Waals surface area contributed by atoms with Gasteiger partial charge in [-0.3, -0.25) is 9.52 Å². The minimum Gasteiger partial charge on any atom is -0.488 e. The first-order valence-corrected chi connectivity index (χ1v) is 12.5. The van der Waals surface area contributed by atoms with Crippen molar-refractivity contribution in [3.05, 3.63) is 41.3 Å². The maximum atomic E-state index is 13.1. The number of thiophene rings is 1. The number of fused-ring (bicyclic) bond motifs is 1. The van der Waals surface area contributed by atoms with E-state index in [1.807, 2.05) is 20.9 Å². The van der Waals surface area contributed by atoms with Crippen LogP contribution in [0.2, 0.25) is 0 Å². The molecule has 8 nitrogen and oxygen atoms in total. The minimum absolute atomic E-state index is 0.0216. The molecule has 0 unspecified atom stereocenters. The first-order valence-electron chi connectivity index (χ1n) is 10.2. The van der Waals surface area contributed by atoms with Crippen molar-refractivity contribution in [1.82, 2.24) is 10.2 Å². The van der Waals surface area contributed by atoms with Crippen molar-refractivity contribution in [2.24, 2.45) is 5.92 Å². The molecule has 2 aromatic rings. The fourth-order valence-electron chi connectivity index (χ4n) is 3.56. The van der Waals surface area contributed by atoms with Crippen LogP contribution >= 0.6 is 11.3 Å². The zero-order valence-corrected chi connectivity index (χ0v) is 19.5. The molecule has 2 heterocycles. The van der Waals surface area contributed by atoms with Crippen molar-refractivity contribution < 1.29 is 23.1 Å². The average Bonchev–Trinajstić information content (AvgIpc) is 3.28. The van der Waals surface area contributed by atoms with Gasteiger partial charge in [0.15, 0.2) is 0 Å². The Morgan fingerprint density at radius 3 is 2.77 bits per heavy atom. The van der Waals surface area contributed by atoms with Crippen molar-refractivity contribution in [1.29, 1.82) is 0 Å². The van der Waals surface area contributed by atoms with Gasteiger partial charge in [0.05, 0.1) is 19.1 Å². The third kappa shape index (κ3) is 5.57. The normalized spacial score (nSPS) is 20.8. The molecule has 0 bridgehead atoms. The van der Waals surface area contributed by atoms with Gasteiger partial charge in [-0.25, -0.2) is 8.42 Å². The molecule has 0 fully saturated rings. The lowest BCUT2D eigenvalue weighted by atomic mass is 10.0. The SMILES string of the molecule is CNC[C@H]1Oc2ccc(NS(=O)(=O)c3cccs3)cc2CC(=O)N([C@@H](C)CO)C[C@@H]1C. The van der Waals surface area contributed by atoms with Crippen LogP contribution in [0.5, 0.6) is 5.75 Å². The molecule has 3 rings (SSSR count). The number of hydrogen-bond donors (Lipinski definition) is 3. The summed E-state index contributed by atoms with van der Waals surface area (Å²) in [7, 11) is -1.86. The number of sulfonamides is 1. The van der Waals surface area contributed by atoms with Gasteiger partial charge in [0.2, 0.25) is 5.91 Å². The molecule has 1 aliphatic rings. The maximum Gasteiger partial charge on any atom is 0.271 e. The molecular formula is C21H29N3O5S2. The van der Waals surface area contributed by atoms with Gasteiger partial charge in [-0.15, -0.1) is 11.3 Å². The van der Waals surface area contributed by atoms with Crippen molar-refractivity contribution in [3.63, 3.8) is 0 Å². The molecule has 1 aliphatic heterocycles. The van der Waals surface area contributed by atoms with Crippen LogP contribution in [0.15, 0.2) is 39.9 Å². The largest absolute Gasteiger partial charge is 0.488 e. The Labute approximate surface area is 187 Å². The second-order valence-electron chi connectivity index (χ2n) is 7.81. The number of ether oxygens (including phenoxy) is 1. The first kappa shape index (κ1) is 23.5. The number of aliphatic hydroxyl groups excluding tert-OH is 1. The molecule has 170 valence electrons. The van der Waals surface area contributed by atoms with Crippen LogP contribution in [0, 0.1) is 5.92 Å². The molecule has 0 aliphatic carbocycles. The number of anilines is 1. The van der Waals surface area contributed by atoms with Gasteiger partial charge in [0, 0.05) is 30.3 Å². The molecule has 3 atom stereocenters. The maximum absolute atomic E-state index is 13.1. The first-order chi connectivity index (χ1) is 14.7. The fraction of sp³-hybridized carbons (Fsp3) is 0.476. The molecule has 1 aromatic carbocycles. The predicted octanol–water partition coefficient (Wildman–Crippen LogP) is 1.92. The van der Waals surface area contributed by atoms with E-state index in [4.69, 9.17) is 4.74 Å². The molecule has 3 N–H and O–H groups in total. The van der Waals surface area contributed by atoms with E-state index in [0.717, 1.165) is 11.3 Å². The molecule has 1 aromatic heterocycles. The monoisotopic (exact) mass is 467 g/mol. The zero-order valence-electron chi connectivity index (χ0n) is 17.9. The highest BCUT2D eigenvalue weighted by atomic mass is 32.2. The smallest absolute Gasteiger partial charge is 0.271 e. The summed E-state index contributed by atoms with van der Waals surface area (Å²) in [6.07, 6.45) is -0.149. The highest BCUT2D eigenvalue weighted by Crippen LogP contribution is 2.30. The summed E-state index contributed by atoms with van der Waals surface area (Å²) in [6, 6.07) is 7.88. The topological polar surface area (TPSA) is 108 Å². The number of amides is 1. The standard InChI is InChI=1S/C21H29N3O5S2/c1-14-12-24(15(2)13-25)20(26)10-16-9-17(6-7-18(16)29-19(14)11-22-3)23-31(27,28)21-5-4-8-30-21/h4-9,14-15,19,22-23,25H,10-13H2,1-3H3/t14-,15-,19+/m0/s1. The Morgan fingerprint density at radius 2 is 2.13 bits per heavy atom. The van der Waals surface area contributed by atoms with Gasteiger partial charge >= 0.3 is 0 Å². The summed E-state index contributed by atoms with van der Waals surface area (Å²) < 4.78 is 34.2. The Kier molecular flexibility index (Phi) is 7.58. The minimum atomic E-state index is -3.70. The Balaban J connectivity index is 1.96. The van der Waals surface area contributed by atoms with Crippen LogP contribution in [0.1, 0.15) is 19.4 Å². The Morgan fingerprint density at radius 1 is 1.35 bits per heavy atom. The second-order valence-corrected chi connectivity index (χ2v) is 10.7. The Bertz CT molecular complexity index is 994. The Hall–Kier alpha value is -2.14. The van der Waals surface area contributed by atoms with E-state index in [2.05, 4.69) is 10.0 Å². The molecule has 0 radical (unpaired) electrons. The zero-order chi connectivity index (χ0) is 22.6. The number of nitrogens with zero attached hydrogens (tertiary/aromatic N) is 1. The van der Waals surface area contributed by atoms with Crippen LogP contribution in [-0.4, -0.2) is 63.2 Å². The molecular weight excluding hydrogens is 438 g/mol. The number of hydrogen-bond acceptors (Lipinski definition) is 7. The number of carbonyl (C=O) groups is 1. The van der Waals surface area contributed by atoms with Crippen molar-refractivity contribution in [2.75, 3.05) is 31.5 Å². The lowest BCUT2D eigenvalue weighted by Gasteiger charge is -2.32. The summed E-state index contributed by atoms with van der Waals surface area (Å²) in [5, 5.41) is 14.5. The second kappa shape index (κ2) is 9.99. The lowest BCUT2D eigenvalue weighted by Crippen LogP contribution is -2.47. The van der Waals surface area contributed by atoms with Crippen molar-refractivity contribution in [3.8, 4) is 5.75 Å². The van der Waals surface area contributed by atoms with Crippen molar-refractivity contribution >= 4 is 33.0 Å². The van der Waals surface area contributed by atoms with Gasteiger partial charge in [-0.1, -0.05) is 13.0 Å². The molecule has 31 heavy (non-hydrogen) atoms. The van der Waals surface area contributed by atoms with E-state index in [1.54, 1.807) is 34.5 Å². The number of rotatable bonds is 7. The van der Waals surface area contributed by atoms with Crippen molar-refractivity contribution in [2.45, 2.75) is 36.6 Å². The van der Waals surface area contributed by atoms with Crippen LogP contribution < -0.4 is 14.8 Å². The number of likely N-dealkylation sites (N-methyl/N-ethyl adjacent to an activating group) is 1. The predicted molar refractivity (Wildman–Crippen MR) is 121 cm³/mol. The van der Waals surface area contributed by atoms with E-state index in [-0.39, 0.29) is 41.2 Å². The summed E-state index contributed by atoms with van der Waals surface area (Å²) in [5.41, 5.74) is 0.962. The summed E-state index contributed by atoms with van der Waals surface area (Å²) in [4.78, 5) is 14.8. The van der Waals surface area contributed by atoms with Gasteiger partial charge in [-0.05, 0) is 43.6 Å². The number of nitrogens with one attached hydrogen (secondary N) is 2. The van der Waals surface area contributed by atoms with Gasteiger partial charge in [-0.2, -0.15) is 0 Å². The fourth-order valence-corrected chi connectivity index (χ4v) is 5.60. The molecule has 0 spiro atoms. The highest BCUT2D eigenvalue weighted by Gasteiger charge is 2.30. The highest BCUT2D eigenvalue weighted by molar-refractivity contribution is 7.94. The van der Waals surface area contributed by atoms with E-state index >= 15 is 0 Å². The summed E-state index contributed by atoms with van der Waals surface area (Å²) in [5.74, 6) is 0.438. The molecule has 0 saturated carbocycles. The molecule has 1 amide bonds. The van der Waals surface area contributed by atoms with Crippen LogP contribution in [0.4, 0.5) is 5.69 Å². The third-order valence-electron chi connectivity index (χ3n) is 5.33. The van der Waals surface area contributed by atoms with Gasteiger partial charge in [0.1, 0.15) is 16.1 Å². The van der Waals surface area contributed by atoms with Gasteiger partial charge < -0.3 is 20.1 Å². The van der Waals surface area contributed by atoms with E-state index in [0.29, 0.717) is 30.1 Å². The van der Waals surface area contributed by atoms with E-state index in [9.17, 15) is 18.3 Å².